The van der Waals surface area contributed by atoms with Gasteiger partial charge in [-0.3, -0.25) is 14.4 Å². The fraction of sp³-hybridized carbons (Fsp3) is 0.379. The SMILES string of the molecule is CCOC(=O)/C=C/[C@H](C[C@@H]1CCNC1=O)NC(=O)[C@H](Cc1ccccc1)NC(=O)[C@H](N)Cc1ccccc1. The average molecular weight is 521 g/mol. The first-order chi connectivity index (χ1) is 18.4. The molecule has 1 aliphatic rings. The zero-order chi connectivity index (χ0) is 27.3. The van der Waals surface area contributed by atoms with Gasteiger partial charge in [0, 0.05) is 31.0 Å². The fourth-order valence-electron chi connectivity index (χ4n) is 4.33. The van der Waals surface area contributed by atoms with Crippen molar-refractivity contribution in [3.8, 4) is 0 Å². The number of carbonyl (C=O) groups excluding carboxylic acids is 4. The zero-order valence-electron chi connectivity index (χ0n) is 21.6. The Kier molecular flexibility index (Phi) is 11.0. The van der Waals surface area contributed by atoms with Crippen molar-refractivity contribution in [2.24, 2.45) is 11.7 Å². The summed E-state index contributed by atoms with van der Waals surface area (Å²) in [5.74, 6) is -1.81. The molecule has 0 spiro atoms. The number of nitrogens with two attached hydrogens (primary N) is 1. The van der Waals surface area contributed by atoms with E-state index in [1.165, 1.54) is 12.2 Å². The van der Waals surface area contributed by atoms with E-state index in [9.17, 15) is 19.2 Å². The largest absolute Gasteiger partial charge is 0.463 e. The zero-order valence-corrected chi connectivity index (χ0v) is 21.6. The number of amides is 3. The molecule has 0 aromatic heterocycles. The fourth-order valence-corrected chi connectivity index (χ4v) is 4.33. The van der Waals surface area contributed by atoms with E-state index >= 15 is 0 Å². The molecule has 3 rings (SSSR count). The van der Waals surface area contributed by atoms with Crippen LogP contribution in [0, 0.1) is 5.92 Å². The van der Waals surface area contributed by atoms with E-state index < -0.39 is 35.9 Å². The Morgan fingerprint density at radius 1 is 1.00 bits per heavy atom. The molecule has 0 unspecified atom stereocenters. The van der Waals surface area contributed by atoms with Crippen LogP contribution in [0.25, 0.3) is 0 Å². The third-order valence-electron chi connectivity index (χ3n) is 6.33. The molecule has 0 aliphatic carbocycles. The average Bonchev–Trinajstić information content (AvgIpc) is 3.32. The monoisotopic (exact) mass is 520 g/mol. The third kappa shape index (κ3) is 9.15. The molecule has 1 saturated heterocycles. The maximum Gasteiger partial charge on any atom is 0.330 e. The predicted octanol–water partition coefficient (Wildman–Crippen LogP) is 1.41. The van der Waals surface area contributed by atoms with Crippen molar-refractivity contribution >= 4 is 23.7 Å². The molecule has 4 atom stereocenters. The molecule has 9 heteroatoms. The molecular formula is C29H36N4O5. The van der Waals surface area contributed by atoms with E-state index in [0.717, 1.165) is 11.1 Å². The number of benzene rings is 2. The number of ether oxygens (including phenoxy) is 1. The van der Waals surface area contributed by atoms with Gasteiger partial charge in [-0.05, 0) is 37.3 Å². The summed E-state index contributed by atoms with van der Waals surface area (Å²) in [6, 6.07) is 16.4. The van der Waals surface area contributed by atoms with Crippen LogP contribution >= 0.6 is 0 Å². The van der Waals surface area contributed by atoms with Crippen LogP contribution in [0.5, 0.6) is 0 Å². The Morgan fingerprint density at radius 2 is 1.63 bits per heavy atom. The Bertz CT molecular complexity index is 1110. The Labute approximate surface area is 223 Å². The highest BCUT2D eigenvalue weighted by atomic mass is 16.5. The Balaban J connectivity index is 1.74. The van der Waals surface area contributed by atoms with Crippen LogP contribution in [0.1, 0.15) is 30.9 Å². The first-order valence-electron chi connectivity index (χ1n) is 12.9. The number of esters is 1. The molecule has 0 saturated carbocycles. The van der Waals surface area contributed by atoms with Crippen molar-refractivity contribution < 1.29 is 23.9 Å². The molecule has 38 heavy (non-hydrogen) atoms. The highest BCUT2D eigenvalue weighted by molar-refractivity contribution is 5.90. The number of hydrogen-bond acceptors (Lipinski definition) is 6. The summed E-state index contributed by atoms with van der Waals surface area (Å²) < 4.78 is 4.95. The van der Waals surface area contributed by atoms with E-state index in [1.807, 2.05) is 60.7 Å². The summed E-state index contributed by atoms with van der Waals surface area (Å²) in [5, 5.41) is 8.50. The molecule has 2 aromatic carbocycles. The van der Waals surface area contributed by atoms with Gasteiger partial charge in [0.05, 0.1) is 12.6 Å². The van der Waals surface area contributed by atoms with E-state index in [0.29, 0.717) is 25.8 Å². The molecule has 3 amide bonds. The Morgan fingerprint density at radius 3 is 2.21 bits per heavy atom. The second-order valence-corrected chi connectivity index (χ2v) is 9.29. The van der Waals surface area contributed by atoms with Gasteiger partial charge in [0.1, 0.15) is 6.04 Å². The number of rotatable bonds is 13. The van der Waals surface area contributed by atoms with Gasteiger partial charge in [-0.2, -0.15) is 0 Å². The quantitative estimate of drug-likeness (QED) is 0.233. The van der Waals surface area contributed by atoms with Crippen LogP contribution in [0.15, 0.2) is 72.8 Å². The summed E-state index contributed by atoms with van der Waals surface area (Å²) in [4.78, 5) is 50.6. The highest BCUT2D eigenvalue weighted by Gasteiger charge is 2.30. The van der Waals surface area contributed by atoms with E-state index in [-0.39, 0.29) is 24.9 Å². The first-order valence-corrected chi connectivity index (χ1v) is 12.9. The molecule has 1 heterocycles. The van der Waals surface area contributed by atoms with Crippen LogP contribution in [0.2, 0.25) is 0 Å². The van der Waals surface area contributed by atoms with Gasteiger partial charge in [-0.25, -0.2) is 4.79 Å². The standard InChI is InChI=1S/C29H36N4O5/c1-2-38-26(34)14-13-23(19-22-15-16-31-27(22)35)32-29(37)25(18-21-11-7-4-8-12-21)33-28(36)24(30)17-20-9-5-3-6-10-20/h3-14,22-25H,2,15-19,30H2,1H3,(H,31,35)(H,32,37)(H,33,36)/b14-13+/t22-,23+,24+,25-/m0/s1. The molecular weight excluding hydrogens is 484 g/mol. The molecule has 1 aliphatic heterocycles. The smallest absolute Gasteiger partial charge is 0.330 e. The normalized spacial score (nSPS) is 17.3. The first kappa shape index (κ1) is 28.6. The van der Waals surface area contributed by atoms with Crippen molar-refractivity contribution in [3.63, 3.8) is 0 Å². The van der Waals surface area contributed by atoms with E-state index in [4.69, 9.17) is 10.5 Å². The van der Waals surface area contributed by atoms with Gasteiger partial charge in [0.25, 0.3) is 0 Å². The number of nitrogens with one attached hydrogen (secondary N) is 3. The second kappa shape index (κ2) is 14.7. The van der Waals surface area contributed by atoms with Crippen molar-refractivity contribution in [1.29, 1.82) is 0 Å². The summed E-state index contributed by atoms with van der Waals surface area (Å²) >= 11 is 0. The molecule has 202 valence electrons. The van der Waals surface area contributed by atoms with Gasteiger partial charge in [0.15, 0.2) is 0 Å². The Hall–Kier alpha value is -3.98. The minimum Gasteiger partial charge on any atom is -0.463 e. The topological polar surface area (TPSA) is 140 Å². The van der Waals surface area contributed by atoms with Crippen LogP contribution in [0.4, 0.5) is 0 Å². The molecule has 0 radical (unpaired) electrons. The lowest BCUT2D eigenvalue weighted by Crippen LogP contribution is -2.54. The number of carbonyl (C=O) groups is 4. The van der Waals surface area contributed by atoms with E-state index in [2.05, 4.69) is 16.0 Å². The van der Waals surface area contributed by atoms with Crippen molar-refractivity contribution in [2.75, 3.05) is 13.2 Å². The van der Waals surface area contributed by atoms with Crippen LogP contribution in [-0.2, 0) is 36.8 Å². The van der Waals surface area contributed by atoms with Crippen LogP contribution in [-0.4, -0.2) is 55.0 Å². The lowest BCUT2D eigenvalue weighted by molar-refractivity contribution is -0.137. The van der Waals surface area contributed by atoms with Gasteiger partial charge in [-0.1, -0.05) is 66.7 Å². The summed E-state index contributed by atoms with van der Waals surface area (Å²) in [6.45, 7) is 2.49. The van der Waals surface area contributed by atoms with E-state index in [1.54, 1.807) is 6.92 Å². The summed E-state index contributed by atoms with van der Waals surface area (Å²) in [7, 11) is 0. The van der Waals surface area contributed by atoms with Crippen molar-refractivity contribution in [2.45, 2.75) is 50.7 Å². The lowest BCUT2D eigenvalue weighted by Gasteiger charge is -2.24. The van der Waals surface area contributed by atoms with Gasteiger partial charge >= 0.3 is 5.97 Å². The number of hydrogen-bond donors (Lipinski definition) is 4. The lowest BCUT2D eigenvalue weighted by atomic mass is 9.97. The summed E-state index contributed by atoms with van der Waals surface area (Å²) in [5.41, 5.74) is 7.95. The highest BCUT2D eigenvalue weighted by Crippen LogP contribution is 2.17. The van der Waals surface area contributed by atoms with Gasteiger partial charge < -0.3 is 26.4 Å². The van der Waals surface area contributed by atoms with Gasteiger partial charge in [-0.15, -0.1) is 0 Å². The van der Waals surface area contributed by atoms with Crippen LogP contribution in [0.3, 0.4) is 0 Å². The minimum absolute atomic E-state index is 0.0881. The summed E-state index contributed by atoms with van der Waals surface area (Å²) in [6.07, 6.45) is 4.30. The van der Waals surface area contributed by atoms with Crippen molar-refractivity contribution in [1.82, 2.24) is 16.0 Å². The molecule has 0 bridgehead atoms. The molecule has 1 fully saturated rings. The molecule has 2 aromatic rings. The van der Waals surface area contributed by atoms with Gasteiger partial charge in [0.2, 0.25) is 17.7 Å². The third-order valence-corrected chi connectivity index (χ3v) is 6.33. The van der Waals surface area contributed by atoms with Crippen molar-refractivity contribution in [3.05, 3.63) is 83.9 Å². The predicted molar refractivity (Wildman–Crippen MR) is 144 cm³/mol. The second-order valence-electron chi connectivity index (χ2n) is 9.29. The molecule has 5 N–H and O–H groups in total. The minimum atomic E-state index is -0.914. The van der Waals surface area contributed by atoms with Crippen LogP contribution < -0.4 is 21.7 Å². The maximum absolute atomic E-state index is 13.5. The maximum atomic E-state index is 13.5. The molecule has 9 nitrogen and oxygen atoms in total.